The van der Waals surface area contributed by atoms with Crippen molar-refractivity contribution in [3.05, 3.63) is 0 Å². The molecule has 7 heteroatoms. The van der Waals surface area contributed by atoms with Crippen molar-refractivity contribution in [1.29, 1.82) is 5.41 Å². The van der Waals surface area contributed by atoms with E-state index in [2.05, 4.69) is 5.14 Å². The summed E-state index contributed by atoms with van der Waals surface area (Å²) in [6, 6.07) is 0. The van der Waals surface area contributed by atoms with Crippen molar-refractivity contribution >= 4 is 16.0 Å². The maximum absolute atomic E-state index is 10.3. The molecule has 0 fully saturated rings. The summed E-state index contributed by atoms with van der Waals surface area (Å²) in [4.78, 5) is 0. The van der Waals surface area contributed by atoms with Crippen LogP contribution in [0.1, 0.15) is 6.92 Å². The van der Waals surface area contributed by atoms with Crippen LogP contribution in [0.15, 0.2) is 0 Å². The number of hydrogen-bond donors (Lipinski definition) is 4. The van der Waals surface area contributed by atoms with Crippen LogP contribution in [0.3, 0.4) is 0 Å². The Labute approximate surface area is 65.1 Å². The average Bonchev–Trinajstić information content (AvgIpc) is 1.82. The Morgan fingerprint density at radius 2 is 2.27 bits per heavy atom. The molecule has 5 N–H and O–H groups in total. The highest BCUT2D eigenvalue weighted by Gasteiger charge is 2.11. The summed E-state index contributed by atoms with van der Waals surface area (Å²) in [6.45, 7) is 1.21. The summed E-state index contributed by atoms with van der Waals surface area (Å²) in [5, 5.41) is 20.1. The molecule has 0 aromatic carbocycles. The molecule has 0 heterocycles. The molecule has 0 saturated heterocycles. The summed E-state index contributed by atoms with van der Waals surface area (Å²) in [5.41, 5.74) is 0. The van der Waals surface area contributed by atoms with Gasteiger partial charge >= 0.3 is 0 Å². The number of nitrogens with two attached hydrogens (primary N) is 1. The van der Waals surface area contributed by atoms with Crippen molar-refractivity contribution in [3.8, 4) is 0 Å². The number of rotatable bonds is 3. The van der Waals surface area contributed by atoms with Gasteiger partial charge < -0.3 is 5.11 Å². The zero-order valence-corrected chi connectivity index (χ0v) is 6.85. The molecule has 0 bridgehead atoms. The van der Waals surface area contributed by atoms with E-state index >= 15 is 0 Å². The Kier molecular flexibility index (Phi) is 3.43. The minimum absolute atomic E-state index is 0.290. The molecule has 0 aromatic rings. The summed E-state index contributed by atoms with van der Waals surface area (Å²) in [6.07, 6.45) is 0. The van der Waals surface area contributed by atoms with Crippen LogP contribution in [0.25, 0.3) is 0 Å². The Bertz CT molecular complexity index is 235. The van der Waals surface area contributed by atoms with Crippen molar-refractivity contribution in [2.45, 2.75) is 6.92 Å². The molecule has 0 saturated carbocycles. The fourth-order valence-corrected chi connectivity index (χ4v) is 0.853. The van der Waals surface area contributed by atoms with Crippen molar-refractivity contribution in [2.75, 3.05) is 6.61 Å². The second-order valence-corrected chi connectivity index (χ2v) is 3.44. The van der Waals surface area contributed by atoms with Gasteiger partial charge in [-0.05, 0) is 0 Å². The lowest BCUT2D eigenvalue weighted by Crippen LogP contribution is -2.39. The fraction of sp³-hybridized carbons (Fsp3) is 0.750. The maximum Gasteiger partial charge on any atom is 0.297 e. The zero-order chi connectivity index (χ0) is 9.07. The molecule has 0 aliphatic heterocycles. The smallest absolute Gasteiger partial charge is 0.297 e. The van der Waals surface area contributed by atoms with Gasteiger partial charge in [-0.25, -0.2) is 5.14 Å². The standard InChI is InChI=1S/C4H11N3O3S/c1-3(2-8)4(5)7-11(6,9)10/h3,8H,2H2,1H3,(H2,5,7)(H2,6,9,10). The maximum atomic E-state index is 10.3. The topological polar surface area (TPSA) is 116 Å². The van der Waals surface area contributed by atoms with Gasteiger partial charge in [0.1, 0.15) is 5.84 Å². The minimum atomic E-state index is -3.86. The molecule has 66 valence electrons. The van der Waals surface area contributed by atoms with Crippen molar-refractivity contribution in [1.82, 2.24) is 4.72 Å². The van der Waals surface area contributed by atoms with E-state index in [0.717, 1.165) is 0 Å². The molecular weight excluding hydrogens is 170 g/mol. The van der Waals surface area contributed by atoms with Crippen LogP contribution < -0.4 is 9.86 Å². The van der Waals surface area contributed by atoms with Crippen LogP contribution in [0, 0.1) is 11.3 Å². The highest BCUT2D eigenvalue weighted by Crippen LogP contribution is 1.92. The van der Waals surface area contributed by atoms with Gasteiger partial charge in [0.15, 0.2) is 0 Å². The first-order valence-electron chi connectivity index (χ1n) is 2.86. The van der Waals surface area contributed by atoms with Gasteiger partial charge in [-0.1, -0.05) is 6.92 Å². The average molecular weight is 181 g/mol. The van der Waals surface area contributed by atoms with Crippen LogP contribution in [0.2, 0.25) is 0 Å². The van der Waals surface area contributed by atoms with E-state index in [1.54, 1.807) is 4.72 Å². The summed E-state index contributed by atoms with van der Waals surface area (Å²) in [5.74, 6) is -0.858. The van der Waals surface area contributed by atoms with Crippen LogP contribution in [-0.2, 0) is 10.2 Å². The molecule has 1 atom stereocenters. The predicted molar refractivity (Wildman–Crippen MR) is 40.2 cm³/mol. The van der Waals surface area contributed by atoms with E-state index in [9.17, 15) is 8.42 Å². The van der Waals surface area contributed by atoms with Gasteiger partial charge in [0.2, 0.25) is 0 Å². The second-order valence-electron chi connectivity index (χ2n) is 2.14. The van der Waals surface area contributed by atoms with Gasteiger partial charge in [0.25, 0.3) is 10.2 Å². The lowest BCUT2D eigenvalue weighted by molar-refractivity contribution is 0.268. The fourth-order valence-electron chi connectivity index (χ4n) is 0.345. The van der Waals surface area contributed by atoms with E-state index in [1.165, 1.54) is 6.92 Å². The molecule has 0 radical (unpaired) electrons. The Balaban J connectivity index is 4.10. The molecule has 0 rings (SSSR count). The summed E-state index contributed by atoms with van der Waals surface area (Å²) >= 11 is 0. The normalized spacial score (nSPS) is 14.1. The molecule has 6 nitrogen and oxygen atoms in total. The highest BCUT2D eigenvalue weighted by molar-refractivity contribution is 7.87. The van der Waals surface area contributed by atoms with Gasteiger partial charge in [-0.15, -0.1) is 0 Å². The van der Waals surface area contributed by atoms with E-state index in [1.807, 2.05) is 0 Å². The quantitative estimate of drug-likeness (QED) is 0.310. The van der Waals surface area contributed by atoms with E-state index < -0.39 is 16.1 Å². The van der Waals surface area contributed by atoms with Gasteiger partial charge in [-0.2, -0.15) is 8.42 Å². The molecular formula is C4H11N3O3S. The third-order valence-electron chi connectivity index (χ3n) is 1.02. The number of amidine groups is 1. The van der Waals surface area contributed by atoms with Crippen LogP contribution in [0.5, 0.6) is 0 Å². The minimum Gasteiger partial charge on any atom is -0.396 e. The predicted octanol–water partition coefficient (Wildman–Crippen LogP) is -1.61. The molecule has 0 aliphatic carbocycles. The van der Waals surface area contributed by atoms with Crippen molar-refractivity contribution in [2.24, 2.45) is 11.1 Å². The second kappa shape index (κ2) is 3.65. The molecule has 0 aromatic heterocycles. The first-order valence-corrected chi connectivity index (χ1v) is 4.41. The zero-order valence-electron chi connectivity index (χ0n) is 6.03. The molecule has 0 amide bonds. The number of nitrogens with one attached hydrogen (secondary N) is 2. The first-order chi connectivity index (χ1) is 4.87. The lowest BCUT2D eigenvalue weighted by atomic mass is 10.2. The van der Waals surface area contributed by atoms with E-state index in [-0.39, 0.29) is 12.4 Å². The number of aliphatic hydroxyl groups excluding tert-OH is 1. The monoisotopic (exact) mass is 181 g/mol. The van der Waals surface area contributed by atoms with Gasteiger partial charge in [-0.3, -0.25) is 10.1 Å². The summed E-state index contributed by atoms with van der Waals surface area (Å²) in [7, 11) is -3.86. The number of hydrogen-bond acceptors (Lipinski definition) is 4. The number of aliphatic hydroxyl groups is 1. The highest BCUT2D eigenvalue weighted by atomic mass is 32.2. The SMILES string of the molecule is CC(CO)C(=N)NS(N)(=O)=O. The van der Waals surface area contributed by atoms with E-state index in [4.69, 9.17) is 10.5 Å². The van der Waals surface area contributed by atoms with Crippen LogP contribution in [0.4, 0.5) is 0 Å². The summed E-state index contributed by atoms with van der Waals surface area (Å²) < 4.78 is 22.4. The van der Waals surface area contributed by atoms with Crippen molar-refractivity contribution in [3.63, 3.8) is 0 Å². The lowest BCUT2D eigenvalue weighted by Gasteiger charge is -2.09. The van der Waals surface area contributed by atoms with E-state index in [0.29, 0.717) is 0 Å². The molecule has 11 heavy (non-hydrogen) atoms. The Morgan fingerprint density at radius 3 is 2.55 bits per heavy atom. The van der Waals surface area contributed by atoms with Crippen LogP contribution >= 0.6 is 0 Å². The molecule has 0 aliphatic rings. The third-order valence-corrected chi connectivity index (χ3v) is 1.52. The van der Waals surface area contributed by atoms with Crippen LogP contribution in [-0.4, -0.2) is 26.0 Å². The Morgan fingerprint density at radius 1 is 1.82 bits per heavy atom. The third kappa shape index (κ3) is 4.71. The molecule has 1 unspecified atom stereocenters. The van der Waals surface area contributed by atoms with Crippen molar-refractivity contribution < 1.29 is 13.5 Å². The van der Waals surface area contributed by atoms with Gasteiger partial charge in [0, 0.05) is 5.92 Å². The largest absolute Gasteiger partial charge is 0.396 e. The van der Waals surface area contributed by atoms with Gasteiger partial charge in [0.05, 0.1) is 6.61 Å². The first kappa shape index (κ1) is 10.3. The molecule has 0 spiro atoms. The Hall–Kier alpha value is -0.660.